The van der Waals surface area contributed by atoms with Crippen LogP contribution in [0.2, 0.25) is 0 Å². The third kappa shape index (κ3) is 3.79. The maximum Gasteiger partial charge on any atom is 0.327 e. The fourth-order valence-corrected chi connectivity index (χ4v) is 1.74. The van der Waals surface area contributed by atoms with E-state index < -0.39 is 12.0 Å². The predicted octanol–water partition coefficient (Wildman–Crippen LogP) is -0.704. The maximum absolute atomic E-state index is 10.9. The largest absolute Gasteiger partial charge is 0.480 e. The van der Waals surface area contributed by atoms with E-state index in [-0.39, 0.29) is 11.9 Å². The second kappa shape index (κ2) is 5.81. The SMILES string of the molecule is CC(=O)NC(CN(C)C1CCOC1)C(=O)O. The highest BCUT2D eigenvalue weighted by atomic mass is 16.5. The van der Waals surface area contributed by atoms with E-state index in [1.807, 2.05) is 11.9 Å². The molecule has 6 heteroatoms. The Morgan fingerprint density at radius 1 is 1.62 bits per heavy atom. The van der Waals surface area contributed by atoms with Gasteiger partial charge in [0, 0.05) is 26.1 Å². The zero-order chi connectivity index (χ0) is 12.1. The number of hydrogen-bond acceptors (Lipinski definition) is 4. The Balaban J connectivity index is 2.46. The summed E-state index contributed by atoms with van der Waals surface area (Å²) in [6, 6.07) is -0.612. The predicted molar refractivity (Wildman–Crippen MR) is 57.1 cm³/mol. The smallest absolute Gasteiger partial charge is 0.327 e. The van der Waals surface area contributed by atoms with Crippen LogP contribution in [0.25, 0.3) is 0 Å². The summed E-state index contributed by atoms with van der Waals surface area (Å²) in [6.07, 6.45) is 0.906. The first-order valence-electron chi connectivity index (χ1n) is 5.28. The molecular formula is C10H18N2O4. The molecule has 2 N–H and O–H groups in total. The maximum atomic E-state index is 10.9. The minimum Gasteiger partial charge on any atom is -0.480 e. The van der Waals surface area contributed by atoms with E-state index in [4.69, 9.17) is 9.84 Å². The summed E-state index contributed by atoms with van der Waals surface area (Å²) in [6.45, 7) is 2.95. The Kier molecular flexibility index (Phi) is 4.70. The number of carbonyl (C=O) groups excluding carboxylic acids is 1. The summed E-state index contributed by atoms with van der Waals surface area (Å²) in [5, 5.41) is 11.4. The van der Waals surface area contributed by atoms with Crippen LogP contribution in [0, 0.1) is 0 Å². The topological polar surface area (TPSA) is 78.9 Å². The number of rotatable bonds is 5. The number of ether oxygens (including phenoxy) is 1. The number of nitrogens with one attached hydrogen (secondary N) is 1. The fourth-order valence-electron chi connectivity index (χ4n) is 1.74. The number of nitrogens with zero attached hydrogens (tertiary/aromatic N) is 1. The minimum atomic E-state index is -1.01. The molecule has 0 aromatic heterocycles. The lowest BCUT2D eigenvalue weighted by molar-refractivity contribution is -0.142. The minimum absolute atomic E-state index is 0.246. The number of carboxylic acid groups (broad SMARTS) is 1. The molecule has 0 radical (unpaired) electrons. The highest BCUT2D eigenvalue weighted by Gasteiger charge is 2.26. The van der Waals surface area contributed by atoms with Crippen molar-refractivity contribution in [2.45, 2.75) is 25.4 Å². The van der Waals surface area contributed by atoms with Crippen LogP contribution in [0.1, 0.15) is 13.3 Å². The number of aliphatic carboxylic acids is 1. The summed E-state index contributed by atoms with van der Waals surface area (Å²) in [5.41, 5.74) is 0. The molecular weight excluding hydrogens is 212 g/mol. The molecule has 1 amide bonds. The number of carbonyl (C=O) groups is 2. The van der Waals surface area contributed by atoms with Gasteiger partial charge in [0.25, 0.3) is 0 Å². The second-order valence-corrected chi connectivity index (χ2v) is 4.05. The molecule has 0 saturated carbocycles. The van der Waals surface area contributed by atoms with Gasteiger partial charge in [-0.3, -0.25) is 9.69 Å². The van der Waals surface area contributed by atoms with E-state index >= 15 is 0 Å². The number of likely N-dealkylation sites (N-methyl/N-ethyl adjacent to an activating group) is 1. The van der Waals surface area contributed by atoms with Gasteiger partial charge in [0.2, 0.25) is 5.91 Å². The van der Waals surface area contributed by atoms with Gasteiger partial charge in [-0.2, -0.15) is 0 Å². The van der Waals surface area contributed by atoms with E-state index in [1.54, 1.807) is 0 Å². The summed E-state index contributed by atoms with van der Waals surface area (Å²) >= 11 is 0. The zero-order valence-electron chi connectivity index (χ0n) is 9.60. The van der Waals surface area contributed by atoms with E-state index in [9.17, 15) is 9.59 Å². The van der Waals surface area contributed by atoms with Crippen LogP contribution in [0.5, 0.6) is 0 Å². The molecule has 0 spiro atoms. The van der Waals surface area contributed by atoms with Gasteiger partial charge in [0.15, 0.2) is 0 Å². The molecule has 2 unspecified atom stereocenters. The molecule has 1 saturated heterocycles. The van der Waals surface area contributed by atoms with Gasteiger partial charge >= 0.3 is 5.97 Å². The van der Waals surface area contributed by atoms with Gasteiger partial charge in [0.05, 0.1) is 6.61 Å². The third-order valence-corrected chi connectivity index (χ3v) is 2.68. The van der Waals surface area contributed by atoms with Crippen molar-refractivity contribution in [2.24, 2.45) is 0 Å². The summed E-state index contributed by atoms with van der Waals surface area (Å²) < 4.78 is 5.22. The van der Waals surface area contributed by atoms with E-state index in [1.165, 1.54) is 6.92 Å². The lowest BCUT2D eigenvalue weighted by atomic mass is 10.2. The Hall–Kier alpha value is -1.14. The first-order valence-corrected chi connectivity index (χ1v) is 5.28. The van der Waals surface area contributed by atoms with Crippen molar-refractivity contribution in [3.05, 3.63) is 0 Å². The lowest BCUT2D eigenvalue weighted by Gasteiger charge is -2.26. The highest BCUT2D eigenvalue weighted by molar-refractivity contribution is 5.82. The number of amides is 1. The van der Waals surface area contributed by atoms with Crippen LogP contribution >= 0.6 is 0 Å². The van der Waals surface area contributed by atoms with E-state index in [0.717, 1.165) is 6.42 Å². The van der Waals surface area contributed by atoms with Crippen LogP contribution in [0.3, 0.4) is 0 Å². The van der Waals surface area contributed by atoms with Crippen molar-refractivity contribution < 1.29 is 19.4 Å². The molecule has 1 heterocycles. The lowest BCUT2D eigenvalue weighted by Crippen LogP contribution is -2.49. The van der Waals surface area contributed by atoms with Gasteiger partial charge in [-0.15, -0.1) is 0 Å². The average Bonchev–Trinajstić information content (AvgIpc) is 2.68. The molecule has 0 aromatic rings. The molecule has 0 bridgehead atoms. The molecule has 0 aromatic carbocycles. The Morgan fingerprint density at radius 3 is 2.75 bits per heavy atom. The molecule has 1 aliphatic heterocycles. The molecule has 1 aliphatic rings. The van der Waals surface area contributed by atoms with Crippen LogP contribution in [-0.4, -0.2) is 60.8 Å². The summed E-state index contributed by atoms with van der Waals surface area (Å²) in [5.74, 6) is -1.34. The molecule has 0 aliphatic carbocycles. The Morgan fingerprint density at radius 2 is 2.31 bits per heavy atom. The van der Waals surface area contributed by atoms with Gasteiger partial charge in [0.1, 0.15) is 6.04 Å². The molecule has 16 heavy (non-hydrogen) atoms. The normalized spacial score (nSPS) is 22.1. The van der Waals surface area contributed by atoms with Gasteiger partial charge in [-0.1, -0.05) is 0 Å². The molecule has 6 nitrogen and oxygen atoms in total. The first kappa shape index (κ1) is 12.9. The average molecular weight is 230 g/mol. The van der Waals surface area contributed by atoms with Gasteiger partial charge in [-0.25, -0.2) is 4.79 Å². The molecule has 92 valence electrons. The quantitative estimate of drug-likeness (QED) is 0.652. The van der Waals surface area contributed by atoms with E-state index in [0.29, 0.717) is 19.8 Å². The Labute approximate surface area is 94.6 Å². The van der Waals surface area contributed by atoms with Crippen molar-refractivity contribution in [1.82, 2.24) is 10.2 Å². The number of hydrogen-bond donors (Lipinski definition) is 2. The standard InChI is InChI=1S/C10H18N2O4/c1-7(13)11-9(10(14)15)5-12(2)8-3-4-16-6-8/h8-9H,3-6H2,1-2H3,(H,11,13)(H,14,15). The molecule has 1 rings (SSSR count). The third-order valence-electron chi connectivity index (χ3n) is 2.68. The van der Waals surface area contributed by atoms with E-state index in [2.05, 4.69) is 5.32 Å². The van der Waals surface area contributed by atoms with Crippen LogP contribution in [0.4, 0.5) is 0 Å². The second-order valence-electron chi connectivity index (χ2n) is 4.05. The van der Waals surface area contributed by atoms with Crippen molar-refractivity contribution in [1.29, 1.82) is 0 Å². The van der Waals surface area contributed by atoms with Gasteiger partial charge in [-0.05, 0) is 13.5 Å². The van der Waals surface area contributed by atoms with Crippen LogP contribution < -0.4 is 5.32 Å². The Bertz CT molecular complexity index is 264. The fraction of sp³-hybridized carbons (Fsp3) is 0.800. The molecule has 1 fully saturated rings. The van der Waals surface area contributed by atoms with Crippen molar-refractivity contribution in [2.75, 3.05) is 26.8 Å². The van der Waals surface area contributed by atoms with Crippen LogP contribution in [0.15, 0.2) is 0 Å². The van der Waals surface area contributed by atoms with Crippen molar-refractivity contribution >= 4 is 11.9 Å². The summed E-state index contributed by atoms with van der Waals surface area (Å²) in [4.78, 5) is 23.7. The summed E-state index contributed by atoms with van der Waals surface area (Å²) in [7, 11) is 1.84. The van der Waals surface area contributed by atoms with Crippen molar-refractivity contribution in [3.8, 4) is 0 Å². The van der Waals surface area contributed by atoms with Crippen molar-refractivity contribution in [3.63, 3.8) is 0 Å². The van der Waals surface area contributed by atoms with Crippen LogP contribution in [-0.2, 0) is 14.3 Å². The molecule has 2 atom stereocenters. The number of carboxylic acids is 1. The first-order chi connectivity index (χ1) is 7.50. The monoisotopic (exact) mass is 230 g/mol. The zero-order valence-corrected chi connectivity index (χ0v) is 9.60. The highest BCUT2D eigenvalue weighted by Crippen LogP contribution is 2.10. The van der Waals surface area contributed by atoms with Gasteiger partial charge < -0.3 is 15.2 Å².